The van der Waals surface area contributed by atoms with Crippen LogP contribution in [0.5, 0.6) is 5.88 Å². The Balaban J connectivity index is 2.38. The third-order valence-corrected chi connectivity index (χ3v) is 2.84. The molecule has 8 nitrogen and oxygen atoms in total. The summed E-state index contributed by atoms with van der Waals surface area (Å²) in [7, 11) is 0. The molecule has 0 aromatic carbocycles. The number of ether oxygens (including phenoxy) is 1. The quantitative estimate of drug-likeness (QED) is 0.492. The Morgan fingerprint density at radius 1 is 1.48 bits per heavy atom. The molecule has 2 aromatic rings. The van der Waals surface area contributed by atoms with Gasteiger partial charge in [0.05, 0.1) is 22.9 Å². The second-order valence-corrected chi connectivity index (χ2v) is 4.56. The Kier molecular flexibility index (Phi) is 4.49. The number of nitrogens with zero attached hydrogens (tertiary/aromatic N) is 4. The summed E-state index contributed by atoms with van der Waals surface area (Å²) >= 11 is 0. The highest BCUT2D eigenvalue weighted by Gasteiger charge is 2.22. The van der Waals surface area contributed by atoms with Gasteiger partial charge in [-0.05, 0) is 25.5 Å². The van der Waals surface area contributed by atoms with E-state index in [-0.39, 0.29) is 24.8 Å². The fourth-order valence-corrected chi connectivity index (χ4v) is 1.79. The van der Waals surface area contributed by atoms with Crippen molar-refractivity contribution in [1.29, 1.82) is 0 Å². The second-order valence-electron chi connectivity index (χ2n) is 4.56. The molecule has 0 aliphatic heterocycles. The van der Waals surface area contributed by atoms with Crippen molar-refractivity contribution in [2.45, 2.75) is 20.3 Å². The molecule has 2 heterocycles. The monoisotopic (exact) mass is 292 g/mol. The number of aliphatic hydroxyl groups is 1. The van der Waals surface area contributed by atoms with E-state index in [1.54, 1.807) is 13.1 Å². The smallest absolute Gasteiger partial charge is 0.350 e. The van der Waals surface area contributed by atoms with Crippen LogP contribution >= 0.6 is 0 Å². The summed E-state index contributed by atoms with van der Waals surface area (Å²) in [5, 5.41) is 23.9. The first-order valence-electron chi connectivity index (χ1n) is 6.44. The number of aliphatic hydroxyl groups excluding tert-OH is 1. The van der Waals surface area contributed by atoms with Crippen molar-refractivity contribution in [3.05, 3.63) is 39.8 Å². The molecule has 0 unspecified atom stereocenters. The first-order valence-corrected chi connectivity index (χ1v) is 6.44. The first kappa shape index (κ1) is 14.9. The van der Waals surface area contributed by atoms with Gasteiger partial charge in [-0.3, -0.25) is 15.1 Å². The fourth-order valence-electron chi connectivity index (χ4n) is 1.79. The molecule has 0 atom stereocenters. The maximum atomic E-state index is 11.1. The minimum Gasteiger partial charge on any atom is -0.472 e. The van der Waals surface area contributed by atoms with E-state index in [1.807, 2.05) is 13.0 Å². The van der Waals surface area contributed by atoms with E-state index < -0.39 is 4.92 Å². The molecule has 0 bridgehead atoms. The lowest BCUT2D eigenvalue weighted by atomic mass is 10.2. The van der Waals surface area contributed by atoms with Crippen LogP contribution in [0.15, 0.2) is 18.5 Å². The van der Waals surface area contributed by atoms with E-state index >= 15 is 0 Å². The number of hydrogen-bond acceptors (Lipinski definition) is 6. The molecular formula is C13H16N4O4. The van der Waals surface area contributed by atoms with Crippen molar-refractivity contribution in [3.8, 4) is 11.6 Å². The van der Waals surface area contributed by atoms with Gasteiger partial charge in [0.2, 0.25) is 0 Å². The molecule has 112 valence electrons. The van der Waals surface area contributed by atoms with Gasteiger partial charge in [0.25, 0.3) is 0 Å². The van der Waals surface area contributed by atoms with Gasteiger partial charge >= 0.3 is 11.6 Å². The molecule has 0 fully saturated rings. The zero-order chi connectivity index (χ0) is 15.4. The molecule has 2 aromatic heterocycles. The van der Waals surface area contributed by atoms with Crippen molar-refractivity contribution in [3.63, 3.8) is 0 Å². The number of nitro groups is 1. The maximum Gasteiger partial charge on any atom is 0.350 e. The lowest BCUT2D eigenvalue weighted by Gasteiger charge is -2.05. The van der Waals surface area contributed by atoms with Crippen LogP contribution in [0.25, 0.3) is 5.69 Å². The molecule has 0 aliphatic rings. The van der Waals surface area contributed by atoms with E-state index in [4.69, 9.17) is 9.84 Å². The van der Waals surface area contributed by atoms with E-state index in [9.17, 15) is 10.1 Å². The summed E-state index contributed by atoms with van der Waals surface area (Å²) in [6.07, 6.45) is 3.40. The predicted molar refractivity (Wildman–Crippen MR) is 74.7 cm³/mol. The van der Waals surface area contributed by atoms with Crippen molar-refractivity contribution >= 4 is 5.69 Å². The number of aryl methyl sites for hydroxylation is 2. The third kappa shape index (κ3) is 3.34. The Bertz CT molecular complexity index is 654. The molecule has 0 saturated carbocycles. The minimum absolute atomic E-state index is 0.0462. The molecule has 21 heavy (non-hydrogen) atoms. The molecular weight excluding hydrogens is 276 g/mol. The normalized spacial score (nSPS) is 10.6. The Hall–Kier alpha value is -2.48. The third-order valence-electron chi connectivity index (χ3n) is 2.84. The van der Waals surface area contributed by atoms with Crippen LogP contribution in [0.4, 0.5) is 5.69 Å². The van der Waals surface area contributed by atoms with Crippen LogP contribution in [0, 0.1) is 24.0 Å². The summed E-state index contributed by atoms with van der Waals surface area (Å²) in [4.78, 5) is 14.7. The topological polar surface area (TPSA) is 103 Å². The average Bonchev–Trinajstić information content (AvgIpc) is 2.86. The Morgan fingerprint density at radius 2 is 2.24 bits per heavy atom. The summed E-state index contributed by atoms with van der Waals surface area (Å²) in [6, 6.07) is 1.84. The predicted octanol–water partition coefficient (Wildman–Crippen LogP) is 1.55. The second kappa shape index (κ2) is 6.31. The highest BCUT2D eigenvalue weighted by Crippen LogP contribution is 2.27. The maximum absolute atomic E-state index is 11.1. The summed E-state index contributed by atoms with van der Waals surface area (Å²) in [5.74, 6) is -0.0608. The van der Waals surface area contributed by atoms with Crippen LogP contribution in [0.3, 0.4) is 0 Å². The van der Waals surface area contributed by atoms with Gasteiger partial charge in [-0.25, -0.2) is 4.68 Å². The average molecular weight is 292 g/mol. The van der Waals surface area contributed by atoms with Crippen LogP contribution < -0.4 is 4.74 Å². The molecule has 0 saturated heterocycles. The minimum atomic E-state index is -0.545. The zero-order valence-electron chi connectivity index (χ0n) is 11.8. The van der Waals surface area contributed by atoms with E-state index in [0.29, 0.717) is 17.8 Å². The SMILES string of the molecule is Cc1cnc(C)c(-n2cc([N+](=O)[O-])c(OCCCO)n2)c1. The van der Waals surface area contributed by atoms with Crippen LogP contribution in [0.2, 0.25) is 0 Å². The van der Waals surface area contributed by atoms with Crippen LogP contribution in [-0.2, 0) is 0 Å². The van der Waals surface area contributed by atoms with E-state index in [2.05, 4.69) is 10.1 Å². The summed E-state index contributed by atoms with van der Waals surface area (Å²) < 4.78 is 6.65. The summed E-state index contributed by atoms with van der Waals surface area (Å²) in [6.45, 7) is 3.80. The number of pyridine rings is 1. The fraction of sp³-hybridized carbons (Fsp3) is 0.385. The first-order chi connectivity index (χ1) is 10.0. The molecule has 1 N–H and O–H groups in total. The molecule has 0 aliphatic carbocycles. The van der Waals surface area contributed by atoms with Crippen LogP contribution in [0.1, 0.15) is 17.7 Å². The standard InChI is InChI=1S/C13H16N4O4/c1-9-6-11(10(2)14-7-9)16-8-12(17(19)20)13(15-16)21-5-3-4-18/h6-8,18H,3-5H2,1-2H3. The van der Waals surface area contributed by atoms with Gasteiger partial charge in [0, 0.05) is 19.2 Å². The molecule has 0 radical (unpaired) electrons. The Morgan fingerprint density at radius 3 is 2.90 bits per heavy atom. The molecule has 0 spiro atoms. The summed E-state index contributed by atoms with van der Waals surface area (Å²) in [5.41, 5.74) is 2.08. The highest BCUT2D eigenvalue weighted by atomic mass is 16.6. The van der Waals surface area contributed by atoms with Gasteiger partial charge in [-0.1, -0.05) is 0 Å². The lowest BCUT2D eigenvalue weighted by Crippen LogP contribution is -2.03. The van der Waals surface area contributed by atoms with Gasteiger partial charge in [-0.2, -0.15) is 0 Å². The number of rotatable bonds is 6. The van der Waals surface area contributed by atoms with Crippen molar-refractivity contribution in [2.24, 2.45) is 0 Å². The van der Waals surface area contributed by atoms with Gasteiger partial charge < -0.3 is 9.84 Å². The van der Waals surface area contributed by atoms with Crippen molar-refractivity contribution < 1.29 is 14.8 Å². The molecule has 8 heteroatoms. The van der Waals surface area contributed by atoms with Gasteiger partial charge in [0.1, 0.15) is 6.20 Å². The molecule has 2 rings (SSSR count). The number of hydrogen-bond donors (Lipinski definition) is 1. The lowest BCUT2D eigenvalue weighted by molar-refractivity contribution is -0.385. The van der Waals surface area contributed by atoms with E-state index in [0.717, 1.165) is 5.56 Å². The van der Waals surface area contributed by atoms with Gasteiger partial charge in [0.15, 0.2) is 0 Å². The highest BCUT2D eigenvalue weighted by molar-refractivity contribution is 5.45. The number of aromatic nitrogens is 3. The van der Waals surface area contributed by atoms with Crippen LogP contribution in [-0.4, -0.2) is 38.0 Å². The zero-order valence-corrected chi connectivity index (χ0v) is 11.8. The largest absolute Gasteiger partial charge is 0.472 e. The Labute approximate surface area is 121 Å². The van der Waals surface area contributed by atoms with Gasteiger partial charge in [-0.15, -0.1) is 5.10 Å². The molecule has 0 amide bonds. The van der Waals surface area contributed by atoms with E-state index in [1.165, 1.54) is 10.9 Å². The van der Waals surface area contributed by atoms with Crippen molar-refractivity contribution in [2.75, 3.05) is 13.2 Å². The van der Waals surface area contributed by atoms with Crippen molar-refractivity contribution in [1.82, 2.24) is 14.8 Å².